The van der Waals surface area contributed by atoms with Crippen LogP contribution in [-0.4, -0.2) is 58.2 Å². The lowest BCUT2D eigenvalue weighted by Gasteiger charge is -2.39. The Morgan fingerprint density at radius 3 is 2.57 bits per heavy atom. The van der Waals surface area contributed by atoms with Gasteiger partial charge >= 0.3 is 0 Å². The molecule has 0 atom stereocenters. The van der Waals surface area contributed by atoms with Crippen molar-refractivity contribution in [3.05, 3.63) is 60.8 Å². The van der Waals surface area contributed by atoms with E-state index in [9.17, 15) is 4.39 Å². The average Bonchev–Trinajstić information content (AvgIpc) is 2.81. The van der Waals surface area contributed by atoms with Crippen molar-refractivity contribution in [3.8, 4) is 11.5 Å². The molecule has 0 aliphatic heterocycles. The molecule has 2 N–H and O–H groups in total. The van der Waals surface area contributed by atoms with Crippen LogP contribution in [0.2, 0.25) is 0 Å². The molecular weight excluding hydrogens is 449 g/mol. The van der Waals surface area contributed by atoms with Gasteiger partial charge in [0, 0.05) is 29.4 Å². The van der Waals surface area contributed by atoms with Gasteiger partial charge in [-0.3, -0.25) is 0 Å². The van der Waals surface area contributed by atoms with Crippen molar-refractivity contribution in [2.45, 2.75) is 25.0 Å². The molecular formula is C25H26FN7O2. The fourth-order valence-corrected chi connectivity index (χ4v) is 3.91. The predicted octanol–water partition coefficient (Wildman–Crippen LogP) is 4.53. The third kappa shape index (κ3) is 5.22. The zero-order valence-electron chi connectivity index (χ0n) is 19.7. The minimum atomic E-state index is -0.415. The molecule has 0 spiro atoms. The fraction of sp³-hybridized carbons (Fsp3) is 0.280. The van der Waals surface area contributed by atoms with Gasteiger partial charge in [-0.1, -0.05) is 0 Å². The lowest BCUT2D eigenvalue weighted by Crippen LogP contribution is -2.46. The molecule has 0 amide bonds. The number of hydrogen-bond acceptors (Lipinski definition) is 9. The van der Waals surface area contributed by atoms with Gasteiger partial charge in [0.2, 0.25) is 5.95 Å². The van der Waals surface area contributed by atoms with Gasteiger partial charge < -0.3 is 25.0 Å². The number of ether oxygens (including phenoxy) is 2. The normalized spacial score (nSPS) is 17.2. The van der Waals surface area contributed by atoms with Crippen LogP contribution in [0.25, 0.3) is 11.0 Å². The van der Waals surface area contributed by atoms with E-state index in [0.717, 1.165) is 24.7 Å². The highest BCUT2D eigenvalue weighted by Gasteiger charge is 2.32. The third-order valence-corrected chi connectivity index (χ3v) is 5.94. The quantitative estimate of drug-likeness (QED) is 0.381. The maximum atomic E-state index is 13.5. The van der Waals surface area contributed by atoms with Crippen molar-refractivity contribution in [3.63, 3.8) is 0 Å². The summed E-state index contributed by atoms with van der Waals surface area (Å²) >= 11 is 0. The highest BCUT2D eigenvalue weighted by molar-refractivity contribution is 5.79. The van der Waals surface area contributed by atoms with Crippen molar-refractivity contribution in [1.29, 1.82) is 0 Å². The number of aromatic nitrogens is 4. The Labute approximate surface area is 202 Å². The maximum Gasteiger partial charge on any atom is 0.229 e. The second kappa shape index (κ2) is 9.67. The molecule has 1 aromatic carbocycles. The highest BCUT2D eigenvalue weighted by atomic mass is 19.1. The smallest absolute Gasteiger partial charge is 0.229 e. The summed E-state index contributed by atoms with van der Waals surface area (Å²) in [6, 6.07) is 11.1. The van der Waals surface area contributed by atoms with Gasteiger partial charge in [0.05, 0.1) is 25.2 Å². The second-order valence-corrected chi connectivity index (χ2v) is 8.63. The predicted molar refractivity (Wildman–Crippen MR) is 132 cm³/mol. The van der Waals surface area contributed by atoms with E-state index in [1.165, 1.54) is 6.07 Å². The zero-order valence-corrected chi connectivity index (χ0v) is 19.7. The first-order valence-electron chi connectivity index (χ1n) is 11.3. The van der Waals surface area contributed by atoms with E-state index in [1.54, 1.807) is 31.6 Å². The molecule has 5 rings (SSSR count). The molecule has 1 aliphatic carbocycles. The monoisotopic (exact) mass is 475 g/mol. The molecule has 1 saturated carbocycles. The van der Waals surface area contributed by atoms with E-state index >= 15 is 0 Å². The van der Waals surface area contributed by atoms with Crippen LogP contribution >= 0.6 is 0 Å². The minimum absolute atomic E-state index is 0.193. The lowest BCUT2D eigenvalue weighted by atomic mass is 9.88. The van der Waals surface area contributed by atoms with Crippen molar-refractivity contribution < 1.29 is 13.9 Å². The second-order valence-electron chi connectivity index (χ2n) is 8.63. The molecule has 3 aromatic heterocycles. The van der Waals surface area contributed by atoms with Gasteiger partial charge in [-0.15, -0.1) is 0 Å². The van der Waals surface area contributed by atoms with Crippen LogP contribution in [0.4, 0.5) is 27.5 Å². The van der Waals surface area contributed by atoms with Gasteiger partial charge in [-0.2, -0.15) is 4.98 Å². The average molecular weight is 476 g/mol. The Morgan fingerprint density at radius 2 is 1.77 bits per heavy atom. The molecule has 0 bridgehead atoms. The number of pyridine rings is 2. The number of rotatable bonds is 8. The van der Waals surface area contributed by atoms with Crippen molar-refractivity contribution >= 4 is 34.2 Å². The summed E-state index contributed by atoms with van der Waals surface area (Å²) in [6.07, 6.45) is 6.60. The molecule has 0 unspecified atom stereocenters. The van der Waals surface area contributed by atoms with E-state index in [2.05, 4.69) is 49.6 Å². The molecule has 0 saturated heterocycles. The molecule has 180 valence electrons. The number of anilines is 4. The number of benzene rings is 1. The molecule has 1 aliphatic rings. The van der Waals surface area contributed by atoms with Gasteiger partial charge in [-0.05, 0) is 57.3 Å². The number of nitrogens with one attached hydrogen (secondary N) is 2. The summed E-state index contributed by atoms with van der Waals surface area (Å²) in [4.78, 5) is 19.3. The highest BCUT2D eigenvalue weighted by Crippen LogP contribution is 2.36. The summed E-state index contributed by atoms with van der Waals surface area (Å²) in [7, 11) is 5.80. The number of fused-ring (bicyclic) bond motifs is 1. The first kappa shape index (κ1) is 22.7. The van der Waals surface area contributed by atoms with E-state index in [4.69, 9.17) is 9.47 Å². The van der Waals surface area contributed by atoms with Crippen molar-refractivity contribution in [2.75, 3.05) is 31.8 Å². The molecule has 35 heavy (non-hydrogen) atoms. The van der Waals surface area contributed by atoms with E-state index < -0.39 is 5.82 Å². The van der Waals surface area contributed by atoms with Crippen LogP contribution in [0.5, 0.6) is 11.5 Å². The van der Waals surface area contributed by atoms with Gasteiger partial charge in [-0.25, -0.2) is 19.3 Å². The molecule has 10 heteroatoms. The van der Waals surface area contributed by atoms with Gasteiger partial charge in [0.1, 0.15) is 17.7 Å². The van der Waals surface area contributed by atoms with Crippen molar-refractivity contribution in [2.24, 2.45) is 0 Å². The number of hydrogen-bond donors (Lipinski definition) is 2. The molecule has 3 heterocycles. The van der Waals surface area contributed by atoms with Crippen molar-refractivity contribution in [1.82, 2.24) is 24.8 Å². The summed E-state index contributed by atoms with van der Waals surface area (Å²) in [5, 5.41) is 6.95. The Kier molecular flexibility index (Phi) is 6.28. The fourth-order valence-electron chi connectivity index (χ4n) is 3.91. The largest absolute Gasteiger partial charge is 0.493 e. The van der Waals surface area contributed by atoms with Crippen LogP contribution in [-0.2, 0) is 0 Å². The first-order chi connectivity index (χ1) is 17.0. The first-order valence-corrected chi connectivity index (χ1v) is 11.3. The van der Waals surface area contributed by atoms with Crippen LogP contribution in [0.1, 0.15) is 12.8 Å². The number of methoxy groups -OCH3 is 1. The number of halogens is 1. The van der Waals surface area contributed by atoms with Gasteiger partial charge in [0.25, 0.3) is 0 Å². The Bertz CT molecular complexity index is 1340. The molecule has 1 fully saturated rings. The Hall–Kier alpha value is -4.05. The minimum Gasteiger partial charge on any atom is -0.493 e. The zero-order chi connectivity index (χ0) is 24.4. The van der Waals surface area contributed by atoms with Crippen LogP contribution < -0.4 is 20.1 Å². The SMILES string of the molecule is COc1cc(Nc2nccc(Nc3cnc4ncc(F)cc4c3)n2)ccc1OC1CC(N(C)C)C1. The van der Waals surface area contributed by atoms with Crippen LogP contribution in [0, 0.1) is 5.82 Å². The van der Waals surface area contributed by atoms with Crippen LogP contribution in [0.15, 0.2) is 55.0 Å². The van der Waals surface area contributed by atoms with Gasteiger partial charge in [0.15, 0.2) is 17.1 Å². The summed E-state index contributed by atoms with van der Waals surface area (Å²) in [6.45, 7) is 0. The molecule has 0 radical (unpaired) electrons. The van der Waals surface area contributed by atoms with E-state index in [-0.39, 0.29) is 6.10 Å². The third-order valence-electron chi connectivity index (χ3n) is 5.94. The topological polar surface area (TPSA) is 97.3 Å². The van der Waals surface area contributed by atoms with Crippen LogP contribution in [0.3, 0.4) is 0 Å². The Balaban J connectivity index is 1.27. The summed E-state index contributed by atoms with van der Waals surface area (Å²) < 4.78 is 25.2. The van der Waals surface area contributed by atoms with E-state index in [1.807, 2.05) is 18.2 Å². The lowest BCUT2D eigenvalue weighted by molar-refractivity contribution is 0.0383. The summed E-state index contributed by atoms with van der Waals surface area (Å²) in [5.74, 6) is 1.90. The van der Waals surface area contributed by atoms with E-state index in [0.29, 0.717) is 46.0 Å². The Morgan fingerprint density at radius 1 is 0.943 bits per heavy atom. The summed E-state index contributed by atoms with van der Waals surface area (Å²) in [5.41, 5.74) is 1.89. The molecule has 4 aromatic rings. The molecule has 9 nitrogen and oxygen atoms in total. The number of nitrogens with zero attached hydrogens (tertiary/aromatic N) is 5. The maximum absolute atomic E-state index is 13.5. The standard InChI is InChI=1S/C25H26FN7O2/c1-33(2)19-11-20(12-19)35-21-5-4-17(10-22(21)34-3)31-25-27-7-6-23(32-25)30-18-9-15-8-16(26)13-28-24(15)29-14-18/h4-10,13-14,19-20H,11-12H2,1-3H3,(H2,27,30,31,32).